The quantitative estimate of drug-likeness (QED) is 0.165. The Morgan fingerprint density at radius 1 is 1.00 bits per heavy atom. The summed E-state index contributed by atoms with van der Waals surface area (Å²) in [4.78, 5) is 30.9. The average molecular weight is 752 g/mol. The molecule has 0 unspecified atom stereocenters. The maximum absolute atomic E-state index is 14.1. The SMILES string of the molecule is Cc1cccnc1-n1nc(Cn2cc(C(F)(F)C(F)(F)C(F)(F)F)nn2)cc1C(=O)Nc1c(C)cc(I)cc1C(=O)NC(C)C. The second kappa shape index (κ2) is 12.4. The molecule has 10 nitrogen and oxygen atoms in total. The van der Waals surface area contributed by atoms with Crippen LogP contribution in [0.5, 0.6) is 0 Å². The zero-order valence-electron chi connectivity index (χ0n) is 23.8. The van der Waals surface area contributed by atoms with Gasteiger partial charge in [-0.2, -0.15) is 35.8 Å². The molecule has 2 amide bonds. The van der Waals surface area contributed by atoms with Gasteiger partial charge in [-0.05, 0) is 85.7 Å². The van der Waals surface area contributed by atoms with Crippen molar-refractivity contribution >= 4 is 40.1 Å². The van der Waals surface area contributed by atoms with Crippen molar-refractivity contribution < 1.29 is 40.3 Å². The van der Waals surface area contributed by atoms with Crippen LogP contribution in [-0.2, 0) is 12.5 Å². The van der Waals surface area contributed by atoms with Gasteiger partial charge in [0.05, 0.1) is 29.7 Å². The van der Waals surface area contributed by atoms with Crippen molar-refractivity contribution in [2.24, 2.45) is 0 Å². The van der Waals surface area contributed by atoms with E-state index in [1.165, 1.54) is 12.3 Å². The van der Waals surface area contributed by atoms with Gasteiger partial charge in [0.2, 0.25) is 0 Å². The van der Waals surface area contributed by atoms with E-state index in [4.69, 9.17) is 0 Å². The Balaban J connectivity index is 1.73. The highest BCUT2D eigenvalue weighted by atomic mass is 127. The summed E-state index contributed by atoms with van der Waals surface area (Å²) in [5, 5.41) is 15.9. The molecule has 0 bridgehead atoms. The van der Waals surface area contributed by atoms with E-state index in [0.717, 1.165) is 8.25 Å². The molecular weight excluding hydrogens is 728 g/mol. The first-order valence-corrected chi connectivity index (χ1v) is 14.1. The Morgan fingerprint density at radius 3 is 2.31 bits per heavy atom. The molecule has 4 rings (SSSR count). The summed E-state index contributed by atoms with van der Waals surface area (Å²) in [6.07, 6.45) is -4.89. The highest BCUT2D eigenvalue weighted by Gasteiger charge is 2.74. The lowest BCUT2D eigenvalue weighted by Gasteiger charge is -2.26. The third-order valence-corrected chi connectivity index (χ3v) is 6.94. The summed E-state index contributed by atoms with van der Waals surface area (Å²) >= 11 is 2.03. The zero-order valence-corrected chi connectivity index (χ0v) is 26.0. The Kier molecular flexibility index (Phi) is 9.28. The smallest absolute Gasteiger partial charge is 0.350 e. The summed E-state index contributed by atoms with van der Waals surface area (Å²) in [5.74, 6) is -13.1. The van der Waals surface area contributed by atoms with Crippen LogP contribution in [-0.4, -0.2) is 59.7 Å². The van der Waals surface area contributed by atoms with E-state index in [1.54, 1.807) is 52.0 Å². The predicted molar refractivity (Wildman–Crippen MR) is 155 cm³/mol. The molecule has 18 heteroatoms. The van der Waals surface area contributed by atoms with Gasteiger partial charge in [0.25, 0.3) is 11.8 Å². The van der Waals surface area contributed by atoms with Crippen LogP contribution in [0.15, 0.2) is 42.7 Å². The number of aromatic nitrogens is 6. The summed E-state index contributed by atoms with van der Waals surface area (Å²) in [6, 6.07) is 7.66. The number of anilines is 1. The van der Waals surface area contributed by atoms with Crippen molar-refractivity contribution in [3.05, 3.63) is 80.1 Å². The number of nitrogens with one attached hydrogen (secondary N) is 2. The number of aryl methyl sites for hydroxylation is 2. The molecular formula is C27H24F7IN8O2. The minimum atomic E-state index is -6.55. The van der Waals surface area contributed by atoms with Crippen molar-refractivity contribution in [1.29, 1.82) is 0 Å². The molecule has 0 aliphatic rings. The Hall–Kier alpha value is -4.10. The first-order valence-electron chi connectivity index (χ1n) is 13.0. The van der Waals surface area contributed by atoms with Gasteiger partial charge >= 0.3 is 18.0 Å². The minimum absolute atomic E-state index is 0.0374. The molecule has 240 valence electrons. The van der Waals surface area contributed by atoms with Gasteiger partial charge in [-0.15, -0.1) is 5.10 Å². The van der Waals surface area contributed by atoms with Gasteiger partial charge in [-0.25, -0.2) is 14.3 Å². The summed E-state index contributed by atoms with van der Waals surface area (Å²) in [5.41, 5.74) is -0.548. The number of amides is 2. The molecule has 2 N–H and O–H groups in total. The van der Waals surface area contributed by atoms with Gasteiger partial charge in [-0.1, -0.05) is 11.3 Å². The molecule has 0 radical (unpaired) electrons. The number of hydrogen-bond donors (Lipinski definition) is 2. The van der Waals surface area contributed by atoms with Gasteiger partial charge < -0.3 is 10.6 Å². The lowest BCUT2D eigenvalue weighted by molar-refractivity contribution is -0.360. The van der Waals surface area contributed by atoms with Crippen LogP contribution in [0, 0.1) is 17.4 Å². The normalized spacial score (nSPS) is 12.5. The van der Waals surface area contributed by atoms with Crippen LogP contribution in [0.3, 0.4) is 0 Å². The van der Waals surface area contributed by atoms with Crippen molar-refractivity contribution in [1.82, 2.24) is 35.1 Å². The van der Waals surface area contributed by atoms with E-state index in [2.05, 4.69) is 31.0 Å². The van der Waals surface area contributed by atoms with Gasteiger partial charge in [0.15, 0.2) is 11.5 Å². The highest BCUT2D eigenvalue weighted by molar-refractivity contribution is 14.1. The lowest BCUT2D eigenvalue weighted by Crippen LogP contribution is -2.50. The Bertz CT molecular complexity index is 1750. The number of nitrogens with zero attached hydrogens (tertiary/aromatic N) is 6. The minimum Gasteiger partial charge on any atom is -0.350 e. The molecule has 0 saturated heterocycles. The molecule has 0 spiro atoms. The van der Waals surface area contributed by atoms with Crippen molar-refractivity contribution in [3.63, 3.8) is 0 Å². The average Bonchev–Trinajstić information content (AvgIpc) is 3.57. The Morgan fingerprint density at radius 2 is 1.69 bits per heavy atom. The monoisotopic (exact) mass is 752 g/mol. The fourth-order valence-electron chi connectivity index (χ4n) is 4.16. The number of hydrogen-bond acceptors (Lipinski definition) is 6. The van der Waals surface area contributed by atoms with E-state index in [-0.39, 0.29) is 40.7 Å². The predicted octanol–water partition coefficient (Wildman–Crippen LogP) is 5.81. The third-order valence-electron chi connectivity index (χ3n) is 6.31. The van der Waals surface area contributed by atoms with Crippen LogP contribution in [0.4, 0.5) is 36.4 Å². The van der Waals surface area contributed by atoms with Crippen molar-refractivity contribution in [2.45, 2.75) is 58.3 Å². The summed E-state index contributed by atoms with van der Waals surface area (Å²) in [7, 11) is 0. The van der Waals surface area contributed by atoms with Crippen LogP contribution >= 0.6 is 22.6 Å². The second-order valence-electron chi connectivity index (χ2n) is 10.3. The summed E-state index contributed by atoms with van der Waals surface area (Å²) in [6.45, 7) is 6.36. The van der Waals surface area contributed by atoms with Crippen molar-refractivity contribution in [3.8, 4) is 5.82 Å². The molecule has 0 fully saturated rings. The molecule has 3 heterocycles. The molecule has 1 aromatic carbocycles. The van der Waals surface area contributed by atoms with Crippen molar-refractivity contribution in [2.75, 3.05) is 5.32 Å². The second-order valence-corrected chi connectivity index (χ2v) is 11.5. The maximum Gasteiger partial charge on any atom is 0.460 e. The highest BCUT2D eigenvalue weighted by Crippen LogP contribution is 2.51. The van der Waals surface area contributed by atoms with E-state index >= 15 is 0 Å². The van der Waals surface area contributed by atoms with Gasteiger partial charge in [0.1, 0.15) is 5.69 Å². The molecule has 0 aliphatic heterocycles. The van der Waals surface area contributed by atoms with E-state index in [9.17, 15) is 40.3 Å². The topological polar surface area (TPSA) is 120 Å². The molecule has 3 aromatic heterocycles. The van der Waals surface area contributed by atoms with E-state index in [0.29, 0.717) is 15.8 Å². The van der Waals surface area contributed by atoms with Crippen LogP contribution in [0.1, 0.15) is 57.2 Å². The fourth-order valence-corrected chi connectivity index (χ4v) is 4.94. The summed E-state index contributed by atoms with van der Waals surface area (Å²) < 4.78 is 95.7. The van der Waals surface area contributed by atoms with Crippen LogP contribution < -0.4 is 10.6 Å². The number of alkyl halides is 7. The first-order chi connectivity index (χ1) is 20.8. The van der Waals surface area contributed by atoms with Gasteiger partial charge in [-0.3, -0.25) is 9.59 Å². The number of halogens is 8. The largest absolute Gasteiger partial charge is 0.460 e. The van der Waals surface area contributed by atoms with Crippen LogP contribution in [0.25, 0.3) is 5.82 Å². The maximum atomic E-state index is 14.1. The van der Waals surface area contributed by atoms with Crippen LogP contribution in [0.2, 0.25) is 0 Å². The Labute approximate surface area is 264 Å². The van der Waals surface area contributed by atoms with E-state index < -0.39 is 42.1 Å². The number of carbonyl (C=O) groups is 2. The molecule has 0 atom stereocenters. The molecule has 0 aliphatic carbocycles. The fraction of sp³-hybridized carbons (Fsp3) is 0.333. The number of rotatable bonds is 9. The first kappa shape index (κ1) is 33.8. The molecule has 45 heavy (non-hydrogen) atoms. The van der Waals surface area contributed by atoms with E-state index in [1.807, 2.05) is 22.6 Å². The standard InChI is InChI=1S/C27H24F7IN8O2/c1-13(2)37-23(44)18-9-16(35)8-15(4)21(18)38-24(45)19-10-17(40-43(19)22-14(3)6-5-7-36-22)11-42-12-20(39-41-42)25(28,29)26(30,31)27(32,33)34/h5-10,12-13H,11H2,1-4H3,(H,37,44)(H,38,45). The third kappa shape index (κ3) is 6.79. The van der Waals surface area contributed by atoms with Gasteiger partial charge in [0, 0.05) is 15.8 Å². The lowest BCUT2D eigenvalue weighted by atomic mass is 10.1. The molecule has 4 aromatic rings. The molecule has 0 saturated carbocycles. The zero-order chi connectivity index (χ0) is 33.5. The number of pyridine rings is 1. The number of carbonyl (C=O) groups excluding carboxylic acids is 2. The number of benzene rings is 1.